The van der Waals surface area contributed by atoms with Crippen molar-refractivity contribution in [2.24, 2.45) is 0 Å². The number of nitrogens with zero attached hydrogens (tertiary/aromatic N) is 1. The maximum Gasteiger partial charge on any atom is 0.443 e. The SMILES string of the molecule is CCCNC1CCC(C)(c2cnc(C(F)(F)F)s2)C1. The lowest BCUT2D eigenvalue weighted by Gasteiger charge is -2.22. The van der Waals surface area contributed by atoms with Crippen molar-refractivity contribution >= 4 is 11.3 Å². The lowest BCUT2D eigenvalue weighted by molar-refractivity contribution is -0.137. The lowest BCUT2D eigenvalue weighted by Crippen LogP contribution is -2.29. The van der Waals surface area contributed by atoms with E-state index in [2.05, 4.69) is 17.2 Å². The maximum absolute atomic E-state index is 12.6. The van der Waals surface area contributed by atoms with Crippen molar-refractivity contribution in [3.05, 3.63) is 16.1 Å². The Kier molecular flexibility index (Phi) is 4.20. The van der Waals surface area contributed by atoms with Crippen molar-refractivity contribution in [2.45, 2.75) is 57.2 Å². The summed E-state index contributed by atoms with van der Waals surface area (Å²) in [5.41, 5.74) is -0.160. The van der Waals surface area contributed by atoms with Crippen molar-refractivity contribution < 1.29 is 13.2 Å². The quantitative estimate of drug-likeness (QED) is 0.908. The number of hydrogen-bond donors (Lipinski definition) is 1. The van der Waals surface area contributed by atoms with Crippen LogP contribution in [0.25, 0.3) is 0 Å². The molecule has 0 amide bonds. The summed E-state index contributed by atoms with van der Waals surface area (Å²) in [4.78, 5) is 4.30. The Hall–Kier alpha value is -0.620. The second-order valence-corrected chi connectivity index (χ2v) is 6.51. The highest BCUT2D eigenvalue weighted by molar-refractivity contribution is 7.11. The van der Waals surface area contributed by atoms with Crippen LogP contribution in [0.5, 0.6) is 0 Å². The predicted molar refractivity (Wildman–Crippen MR) is 70.4 cm³/mol. The van der Waals surface area contributed by atoms with E-state index in [1.54, 1.807) is 0 Å². The van der Waals surface area contributed by atoms with Crippen LogP contribution in [-0.2, 0) is 11.6 Å². The van der Waals surface area contributed by atoms with Gasteiger partial charge < -0.3 is 5.32 Å². The van der Waals surface area contributed by atoms with Gasteiger partial charge in [0.25, 0.3) is 0 Å². The number of aromatic nitrogens is 1. The largest absolute Gasteiger partial charge is 0.443 e. The number of hydrogen-bond acceptors (Lipinski definition) is 3. The molecule has 1 saturated carbocycles. The molecule has 1 N–H and O–H groups in total. The third-order valence-corrected chi connectivity index (χ3v) is 5.12. The molecule has 1 aromatic rings. The van der Waals surface area contributed by atoms with Crippen LogP contribution in [0.15, 0.2) is 6.20 Å². The Balaban J connectivity index is 2.07. The Labute approximate surface area is 115 Å². The van der Waals surface area contributed by atoms with E-state index in [0.29, 0.717) is 6.04 Å². The van der Waals surface area contributed by atoms with Gasteiger partial charge in [0.15, 0.2) is 5.01 Å². The summed E-state index contributed by atoms with van der Waals surface area (Å²) in [6.45, 7) is 5.13. The molecule has 2 atom stereocenters. The van der Waals surface area contributed by atoms with Gasteiger partial charge in [0.1, 0.15) is 0 Å². The minimum atomic E-state index is -4.32. The topological polar surface area (TPSA) is 24.9 Å². The molecule has 6 heteroatoms. The van der Waals surface area contributed by atoms with Gasteiger partial charge >= 0.3 is 6.18 Å². The predicted octanol–water partition coefficient (Wildman–Crippen LogP) is 3.97. The Morgan fingerprint density at radius 3 is 2.84 bits per heavy atom. The fraction of sp³-hybridized carbons (Fsp3) is 0.769. The van der Waals surface area contributed by atoms with Gasteiger partial charge in [0, 0.05) is 22.5 Å². The molecule has 0 radical (unpaired) electrons. The summed E-state index contributed by atoms with van der Waals surface area (Å²) in [6, 6.07) is 0.418. The van der Waals surface area contributed by atoms with Gasteiger partial charge in [-0.2, -0.15) is 13.2 Å². The average molecular weight is 292 g/mol. The van der Waals surface area contributed by atoms with Crippen molar-refractivity contribution in [1.82, 2.24) is 10.3 Å². The first kappa shape index (κ1) is 14.8. The molecule has 2 unspecified atom stereocenters. The van der Waals surface area contributed by atoms with Crippen LogP contribution in [-0.4, -0.2) is 17.6 Å². The molecule has 1 aliphatic carbocycles. The summed E-state index contributed by atoms with van der Waals surface area (Å²) < 4.78 is 37.8. The van der Waals surface area contributed by atoms with Gasteiger partial charge in [-0.3, -0.25) is 0 Å². The van der Waals surface area contributed by atoms with E-state index >= 15 is 0 Å². The van der Waals surface area contributed by atoms with E-state index in [1.165, 1.54) is 6.20 Å². The molecule has 2 rings (SSSR count). The minimum Gasteiger partial charge on any atom is -0.314 e. The number of rotatable bonds is 4. The van der Waals surface area contributed by atoms with Crippen LogP contribution in [0.1, 0.15) is 49.4 Å². The molecule has 0 bridgehead atoms. The second kappa shape index (κ2) is 5.40. The van der Waals surface area contributed by atoms with Gasteiger partial charge in [-0.15, -0.1) is 11.3 Å². The third kappa shape index (κ3) is 3.28. The highest BCUT2D eigenvalue weighted by Gasteiger charge is 2.41. The smallest absolute Gasteiger partial charge is 0.314 e. The fourth-order valence-corrected chi connectivity index (χ4v) is 3.64. The summed E-state index contributed by atoms with van der Waals surface area (Å²) in [7, 11) is 0. The summed E-state index contributed by atoms with van der Waals surface area (Å²) in [5.74, 6) is 0. The lowest BCUT2D eigenvalue weighted by atomic mass is 9.87. The molecule has 19 heavy (non-hydrogen) atoms. The molecule has 0 spiro atoms. The van der Waals surface area contributed by atoms with E-state index in [1.807, 2.05) is 6.92 Å². The monoisotopic (exact) mass is 292 g/mol. The number of halogens is 3. The Morgan fingerprint density at radius 1 is 1.53 bits per heavy atom. The highest BCUT2D eigenvalue weighted by atomic mass is 32.1. The highest BCUT2D eigenvalue weighted by Crippen LogP contribution is 2.45. The summed E-state index contributed by atoms with van der Waals surface area (Å²) in [5, 5.41) is 2.73. The van der Waals surface area contributed by atoms with Gasteiger partial charge in [-0.1, -0.05) is 13.8 Å². The van der Waals surface area contributed by atoms with Gasteiger partial charge in [0.05, 0.1) is 0 Å². The molecule has 108 valence electrons. The zero-order valence-corrected chi connectivity index (χ0v) is 12.0. The van der Waals surface area contributed by atoms with Crippen LogP contribution in [0.4, 0.5) is 13.2 Å². The zero-order valence-electron chi connectivity index (χ0n) is 11.2. The van der Waals surface area contributed by atoms with E-state index in [0.717, 1.165) is 48.4 Å². The molecule has 1 aliphatic rings. The standard InChI is InChI=1S/C13H19F3N2S/c1-3-6-17-9-4-5-12(2,7-9)10-8-18-11(19-10)13(14,15)16/h8-9,17H,3-7H2,1-2H3. The van der Waals surface area contributed by atoms with Crippen LogP contribution in [0, 0.1) is 0 Å². The van der Waals surface area contributed by atoms with Crippen molar-refractivity contribution in [3.8, 4) is 0 Å². The first-order valence-corrected chi connectivity index (χ1v) is 7.44. The van der Waals surface area contributed by atoms with Crippen molar-refractivity contribution in [1.29, 1.82) is 0 Å². The number of alkyl halides is 3. The third-order valence-electron chi connectivity index (χ3n) is 3.77. The first-order valence-electron chi connectivity index (χ1n) is 6.62. The maximum atomic E-state index is 12.6. The van der Waals surface area contributed by atoms with E-state index < -0.39 is 11.2 Å². The van der Waals surface area contributed by atoms with Crippen LogP contribution < -0.4 is 5.32 Å². The normalized spacial score (nSPS) is 27.9. The minimum absolute atomic E-state index is 0.160. The van der Waals surface area contributed by atoms with Crippen LogP contribution >= 0.6 is 11.3 Å². The van der Waals surface area contributed by atoms with E-state index in [-0.39, 0.29) is 5.41 Å². The van der Waals surface area contributed by atoms with Gasteiger partial charge in [0.2, 0.25) is 0 Å². The van der Waals surface area contributed by atoms with Gasteiger partial charge in [-0.05, 0) is 32.2 Å². The summed E-state index contributed by atoms with van der Waals surface area (Å²) >= 11 is 0.798. The van der Waals surface area contributed by atoms with Crippen LogP contribution in [0.2, 0.25) is 0 Å². The van der Waals surface area contributed by atoms with Crippen LogP contribution in [0.3, 0.4) is 0 Å². The van der Waals surface area contributed by atoms with Crippen molar-refractivity contribution in [2.75, 3.05) is 6.54 Å². The Morgan fingerprint density at radius 2 is 2.26 bits per heavy atom. The fourth-order valence-electron chi connectivity index (χ4n) is 2.67. The molecule has 1 heterocycles. The molecule has 0 aliphatic heterocycles. The van der Waals surface area contributed by atoms with Gasteiger partial charge in [-0.25, -0.2) is 4.98 Å². The second-order valence-electron chi connectivity index (χ2n) is 5.48. The number of thiazole rings is 1. The molecule has 0 aromatic carbocycles. The molecule has 1 aromatic heterocycles. The summed E-state index contributed by atoms with van der Waals surface area (Å²) in [6.07, 6.45) is 1.01. The molecule has 0 saturated heterocycles. The van der Waals surface area contributed by atoms with E-state index in [4.69, 9.17) is 0 Å². The van der Waals surface area contributed by atoms with Crippen molar-refractivity contribution in [3.63, 3.8) is 0 Å². The van der Waals surface area contributed by atoms with E-state index in [9.17, 15) is 13.2 Å². The zero-order chi connectivity index (χ0) is 14.1. The average Bonchev–Trinajstić information content (AvgIpc) is 2.93. The number of nitrogens with one attached hydrogen (secondary N) is 1. The Bertz CT molecular complexity index is 430. The molecule has 2 nitrogen and oxygen atoms in total. The molecule has 1 fully saturated rings. The first-order chi connectivity index (χ1) is 8.85. The molecular formula is C13H19F3N2S. The molecular weight excluding hydrogens is 273 g/mol.